The number of aryl methyl sites for hydroxylation is 2. The Morgan fingerprint density at radius 1 is 0.667 bits per heavy atom. The van der Waals surface area contributed by atoms with E-state index in [1.54, 1.807) is 0 Å². The molecule has 0 fully saturated rings. The second-order valence-electron chi connectivity index (χ2n) is 5.99. The molecule has 21 heavy (non-hydrogen) atoms. The predicted molar refractivity (Wildman–Crippen MR) is 92.2 cm³/mol. The lowest BCUT2D eigenvalue weighted by Crippen LogP contribution is -1.99. The van der Waals surface area contributed by atoms with E-state index in [1.807, 2.05) is 0 Å². The molecule has 2 aromatic rings. The number of rotatable bonds is 2. The van der Waals surface area contributed by atoms with Crippen LogP contribution >= 0.6 is 0 Å². The molecule has 0 N–H and O–H groups in total. The van der Waals surface area contributed by atoms with Crippen LogP contribution < -0.4 is 0 Å². The zero-order valence-electron chi connectivity index (χ0n) is 13.1. The third-order valence-electron chi connectivity index (χ3n) is 4.36. The van der Waals surface area contributed by atoms with Crippen molar-refractivity contribution in [3.8, 4) is 0 Å². The molecule has 0 heterocycles. The zero-order valence-corrected chi connectivity index (χ0v) is 13.1. The molecule has 0 aliphatic heterocycles. The molecular weight excluding hydrogens is 252 g/mol. The second kappa shape index (κ2) is 5.73. The van der Waals surface area contributed by atoms with Crippen LogP contribution in [0.2, 0.25) is 0 Å². The van der Waals surface area contributed by atoms with Crippen molar-refractivity contribution in [3.05, 3.63) is 82.4 Å². The van der Waals surface area contributed by atoms with Crippen molar-refractivity contribution in [2.45, 2.75) is 33.6 Å². The Bertz CT molecular complexity index is 695. The van der Waals surface area contributed by atoms with E-state index < -0.39 is 0 Å². The summed E-state index contributed by atoms with van der Waals surface area (Å²) in [6.07, 6.45) is 4.66. The van der Waals surface area contributed by atoms with Gasteiger partial charge in [0.2, 0.25) is 0 Å². The Morgan fingerprint density at radius 3 is 1.76 bits per heavy atom. The SMILES string of the molecule is CC1=C(c2ccc(C)cc2)CCC=C1c1ccc(C)cc1. The molecule has 0 saturated heterocycles. The third-order valence-corrected chi connectivity index (χ3v) is 4.36. The van der Waals surface area contributed by atoms with Gasteiger partial charge in [-0.3, -0.25) is 0 Å². The highest BCUT2D eigenvalue weighted by molar-refractivity contribution is 5.90. The smallest absolute Gasteiger partial charge is 0.0184 e. The molecule has 3 rings (SSSR count). The molecule has 1 aliphatic carbocycles. The third kappa shape index (κ3) is 2.85. The van der Waals surface area contributed by atoms with E-state index in [0.717, 1.165) is 12.8 Å². The van der Waals surface area contributed by atoms with Gasteiger partial charge >= 0.3 is 0 Å². The minimum Gasteiger partial charge on any atom is -0.0761 e. The molecule has 0 heteroatoms. The standard InChI is InChI=1S/C21H22/c1-15-7-11-18(12-8-15)20-5-4-6-21(17(20)3)19-13-9-16(2)10-14-19/h5,7-14H,4,6H2,1-3H3. The fourth-order valence-electron chi connectivity index (χ4n) is 3.05. The fourth-order valence-corrected chi connectivity index (χ4v) is 3.05. The van der Waals surface area contributed by atoms with Crippen molar-refractivity contribution in [1.82, 2.24) is 0 Å². The minimum atomic E-state index is 1.13. The Kier molecular flexibility index (Phi) is 3.79. The molecule has 0 aromatic heterocycles. The number of hydrogen-bond donors (Lipinski definition) is 0. The van der Waals surface area contributed by atoms with E-state index >= 15 is 0 Å². The normalized spacial score (nSPS) is 15.1. The summed E-state index contributed by atoms with van der Waals surface area (Å²) in [5, 5.41) is 0. The van der Waals surface area contributed by atoms with E-state index in [-0.39, 0.29) is 0 Å². The lowest BCUT2D eigenvalue weighted by Gasteiger charge is -2.20. The summed E-state index contributed by atoms with van der Waals surface area (Å²) in [6.45, 7) is 6.54. The van der Waals surface area contributed by atoms with Crippen LogP contribution in [0.4, 0.5) is 0 Å². The summed E-state index contributed by atoms with van der Waals surface area (Å²) in [5.74, 6) is 0. The first kappa shape index (κ1) is 13.9. The van der Waals surface area contributed by atoms with Gasteiger partial charge in [-0.05, 0) is 61.5 Å². The summed E-state index contributed by atoms with van der Waals surface area (Å²) >= 11 is 0. The van der Waals surface area contributed by atoms with Gasteiger partial charge in [-0.1, -0.05) is 65.7 Å². The quantitative estimate of drug-likeness (QED) is 0.634. The van der Waals surface area contributed by atoms with E-state index in [2.05, 4.69) is 75.4 Å². The van der Waals surface area contributed by atoms with Crippen LogP contribution in [0.1, 0.15) is 42.0 Å². The topological polar surface area (TPSA) is 0 Å². The van der Waals surface area contributed by atoms with Crippen LogP contribution in [0.3, 0.4) is 0 Å². The van der Waals surface area contributed by atoms with Gasteiger partial charge in [0.15, 0.2) is 0 Å². The summed E-state index contributed by atoms with van der Waals surface area (Å²) in [4.78, 5) is 0. The molecule has 0 saturated carbocycles. The van der Waals surface area contributed by atoms with Gasteiger partial charge in [-0.2, -0.15) is 0 Å². The first-order valence-corrected chi connectivity index (χ1v) is 7.69. The minimum absolute atomic E-state index is 1.13. The van der Waals surface area contributed by atoms with Crippen molar-refractivity contribution >= 4 is 11.1 Å². The summed E-state index contributed by atoms with van der Waals surface area (Å²) in [5.41, 5.74) is 9.66. The van der Waals surface area contributed by atoms with Crippen LogP contribution in [-0.4, -0.2) is 0 Å². The van der Waals surface area contributed by atoms with E-state index in [1.165, 1.54) is 39.0 Å². The monoisotopic (exact) mass is 274 g/mol. The summed E-state index contributed by atoms with van der Waals surface area (Å²) in [7, 11) is 0. The zero-order chi connectivity index (χ0) is 14.8. The maximum atomic E-state index is 2.39. The molecule has 0 radical (unpaired) electrons. The number of hydrogen-bond acceptors (Lipinski definition) is 0. The summed E-state index contributed by atoms with van der Waals surface area (Å²) in [6, 6.07) is 17.8. The van der Waals surface area contributed by atoms with Crippen LogP contribution in [0, 0.1) is 13.8 Å². The average molecular weight is 274 g/mol. The van der Waals surface area contributed by atoms with Crippen molar-refractivity contribution < 1.29 is 0 Å². The average Bonchev–Trinajstić information content (AvgIpc) is 2.50. The molecule has 0 atom stereocenters. The highest BCUT2D eigenvalue weighted by atomic mass is 14.2. The van der Waals surface area contributed by atoms with Crippen LogP contribution in [0.15, 0.2) is 60.2 Å². The molecule has 106 valence electrons. The van der Waals surface area contributed by atoms with E-state index in [0.29, 0.717) is 0 Å². The highest BCUT2D eigenvalue weighted by Crippen LogP contribution is 2.37. The lowest BCUT2D eigenvalue weighted by molar-refractivity contribution is 1.04. The predicted octanol–water partition coefficient (Wildman–Crippen LogP) is 5.95. The molecule has 0 bridgehead atoms. The van der Waals surface area contributed by atoms with Gasteiger partial charge in [0.25, 0.3) is 0 Å². The van der Waals surface area contributed by atoms with Crippen LogP contribution in [0.25, 0.3) is 11.1 Å². The maximum absolute atomic E-state index is 2.39. The molecule has 1 aliphatic rings. The van der Waals surface area contributed by atoms with Gasteiger partial charge in [-0.15, -0.1) is 0 Å². The van der Waals surface area contributed by atoms with Gasteiger partial charge < -0.3 is 0 Å². The Morgan fingerprint density at radius 2 is 1.19 bits per heavy atom. The second-order valence-corrected chi connectivity index (χ2v) is 5.99. The van der Waals surface area contributed by atoms with Gasteiger partial charge in [0.1, 0.15) is 0 Å². The van der Waals surface area contributed by atoms with Gasteiger partial charge in [-0.25, -0.2) is 0 Å². The lowest BCUT2D eigenvalue weighted by atomic mass is 9.84. The summed E-state index contributed by atoms with van der Waals surface area (Å²) < 4.78 is 0. The van der Waals surface area contributed by atoms with Crippen molar-refractivity contribution in [2.24, 2.45) is 0 Å². The van der Waals surface area contributed by atoms with E-state index in [9.17, 15) is 0 Å². The van der Waals surface area contributed by atoms with Gasteiger partial charge in [0, 0.05) is 0 Å². The fraction of sp³-hybridized carbons (Fsp3) is 0.238. The number of benzene rings is 2. The van der Waals surface area contributed by atoms with E-state index in [4.69, 9.17) is 0 Å². The highest BCUT2D eigenvalue weighted by Gasteiger charge is 2.15. The Balaban J connectivity index is 2.02. The van der Waals surface area contributed by atoms with Crippen molar-refractivity contribution in [3.63, 3.8) is 0 Å². The number of allylic oxidation sites excluding steroid dienone is 4. The molecule has 0 nitrogen and oxygen atoms in total. The van der Waals surface area contributed by atoms with Crippen molar-refractivity contribution in [1.29, 1.82) is 0 Å². The largest absolute Gasteiger partial charge is 0.0761 e. The van der Waals surface area contributed by atoms with Crippen LogP contribution in [-0.2, 0) is 0 Å². The first-order valence-electron chi connectivity index (χ1n) is 7.69. The maximum Gasteiger partial charge on any atom is -0.0184 e. The Labute approximate surface area is 127 Å². The molecule has 0 spiro atoms. The molecular formula is C21H22. The molecule has 0 unspecified atom stereocenters. The van der Waals surface area contributed by atoms with Crippen LogP contribution in [0.5, 0.6) is 0 Å². The van der Waals surface area contributed by atoms with Gasteiger partial charge in [0.05, 0.1) is 0 Å². The molecule has 2 aromatic carbocycles. The Hall–Kier alpha value is -2.08. The first-order chi connectivity index (χ1) is 10.1. The van der Waals surface area contributed by atoms with Crippen molar-refractivity contribution in [2.75, 3.05) is 0 Å². The molecule has 0 amide bonds.